The highest BCUT2D eigenvalue weighted by Crippen LogP contribution is 2.31. The largest absolute Gasteiger partial charge is 0.445 e. The van der Waals surface area contributed by atoms with E-state index in [1.54, 1.807) is 109 Å². The van der Waals surface area contributed by atoms with E-state index in [1.165, 1.54) is 26.2 Å². The lowest BCUT2D eigenvalue weighted by Gasteiger charge is -2.41. The monoisotopic (exact) mass is 1770 g/mol. The number of urea groups is 1. The smallest absolute Gasteiger partial charge is 0.410 e. The maximum Gasteiger partial charge on any atom is 0.410 e. The number of likely N-dealkylation sites (tertiary alicyclic amines) is 1. The molecule has 0 aliphatic carbocycles. The van der Waals surface area contributed by atoms with Crippen molar-refractivity contribution in [3.63, 3.8) is 0 Å². The lowest BCUT2D eigenvalue weighted by molar-refractivity contribution is -0.148. The lowest BCUT2D eigenvalue weighted by atomic mass is 9.89. The normalized spacial score (nSPS) is 15.4. The van der Waals surface area contributed by atoms with Crippen LogP contribution < -0.4 is 53.7 Å². The van der Waals surface area contributed by atoms with E-state index in [4.69, 9.17) is 48.4 Å². The van der Waals surface area contributed by atoms with Crippen molar-refractivity contribution in [2.75, 3.05) is 153 Å². The third kappa shape index (κ3) is 36.7. The van der Waals surface area contributed by atoms with Gasteiger partial charge in [0, 0.05) is 91.3 Å². The van der Waals surface area contributed by atoms with E-state index in [9.17, 15) is 57.8 Å². The van der Waals surface area contributed by atoms with E-state index in [-0.39, 0.29) is 114 Å². The Balaban J connectivity index is 0.984. The number of hydrogen-bond acceptors (Lipinski definition) is 23. The first-order chi connectivity index (χ1) is 60.3. The van der Waals surface area contributed by atoms with Crippen molar-refractivity contribution in [1.29, 1.82) is 0 Å². The second-order valence-electron chi connectivity index (χ2n) is 32.9. The number of aryl methyl sites for hydroxylation is 1. The number of likely N-dealkylation sites (N-methyl/N-ethyl adjacent to an activating group) is 2. The maximum absolute atomic E-state index is 14.9. The highest BCUT2D eigenvalue weighted by molar-refractivity contribution is 5.99. The minimum absolute atomic E-state index is 0.0481. The van der Waals surface area contributed by atoms with E-state index < -0.39 is 120 Å². The third-order valence-electron chi connectivity index (χ3n) is 22.4. The van der Waals surface area contributed by atoms with E-state index in [2.05, 4.69) is 58.6 Å². The predicted octanol–water partition coefficient (Wildman–Crippen LogP) is 5.31. The summed E-state index contributed by atoms with van der Waals surface area (Å²) in [7, 11) is 9.89. The van der Waals surface area contributed by atoms with E-state index in [0.29, 0.717) is 121 Å². The Kier molecular flexibility index (Phi) is 49.4. The lowest BCUT2D eigenvalue weighted by Crippen LogP contribution is -2.60. The summed E-state index contributed by atoms with van der Waals surface area (Å²) in [6.07, 6.45) is -0.306. The van der Waals surface area contributed by atoms with Crippen LogP contribution in [0.1, 0.15) is 150 Å². The number of aromatic nitrogens is 1. The Morgan fingerprint density at radius 3 is 1.78 bits per heavy atom. The number of nitrogens with one attached hydrogen (secondary N) is 9. The molecule has 12 atom stereocenters. The van der Waals surface area contributed by atoms with E-state index in [0.717, 1.165) is 16.6 Å². The number of primary amides is 1. The summed E-state index contributed by atoms with van der Waals surface area (Å²) < 4.78 is 53.4. The summed E-state index contributed by atoms with van der Waals surface area (Å²) in [5.74, 6) is -5.87. The van der Waals surface area contributed by atoms with Gasteiger partial charge in [-0.2, -0.15) is 0 Å². The van der Waals surface area contributed by atoms with Crippen LogP contribution in [0.3, 0.4) is 0 Å². The van der Waals surface area contributed by atoms with Gasteiger partial charge in [-0.3, -0.25) is 53.5 Å². The summed E-state index contributed by atoms with van der Waals surface area (Å²) in [5, 5.41) is 36.3. The molecule has 36 heteroatoms. The summed E-state index contributed by atoms with van der Waals surface area (Å²) >= 11 is 0. The first-order valence-electron chi connectivity index (χ1n) is 44.1. The number of amides is 12. The molecule has 12 amide bonds. The Morgan fingerprint density at radius 1 is 0.595 bits per heavy atom. The molecule has 0 spiro atoms. The molecule has 1 aliphatic rings. The van der Waals surface area contributed by atoms with Crippen LogP contribution >= 0.6 is 0 Å². The van der Waals surface area contributed by atoms with Crippen LogP contribution in [0, 0.1) is 29.6 Å². The molecule has 1 aliphatic heterocycles. The fourth-order valence-electron chi connectivity index (χ4n) is 15.0. The number of hydrazine groups is 1. The number of benzene rings is 3. The number of aliphatic hydroxyl groups is 1. The van der Waals surface area contributed by atoms with Crippen LogP contribution in [0.4, 0.5) is 15.3 Å². The molecule has 1 saturated heterocycles. The molecular formula is C90H145N15O21. The zero-order valence-electron chi connectivity index (χ0n) is 77.0. The number of carbonyl (C=O) groups is 11. The van der Waals surface area contributed by atoms with Crippen LogP contribution in [0.15, 0.2) is 84.9 Å². The van der Waals surface area contributed by atoms with Crippen LogP contribution in [-0.2, 0) is 105 Å². The number of ether oxygens (including phenoxy) is 9. The zero-order valence-corrected chi connectivity index (χ0v) is 77.0. The summed E-state index contributed by atoms with van der Waals surface area (Å²) in [6.45, 7) is 23.3. The molecule has 5 rings (SSSR count). The van der Waals surface area contributed by atoms with E-state index in [1.807, 2.05) is 75.4 Å². The number of rotatable bonds is 62. The van der Waals surface area contributed by atoms with Crippen molar-refractivity contribution < 1.29 is 100 Å². The Hall–Kier alpha value is -9.47. The number of nitrogens with zero attached hydrogens (tertiary/aromatic N) is 5. The van der Waals surface area contributed by atoms with Gasteiger partial charge in [0.25, 0.3) is 0 Å². The minimum Gasteiger partial charge on any atom is -0.445 e. The standard InChI is InChI=1S/C90H145N15O21/c1-17-62(8)81(73(118-15)55-77(109)105-40-25-31-72(105)83(119-16)63(9)84(111)96-64(10)82(110)66-26-19-18-20-27-66)102(13)88(115)79(60(4)5)100-87(114)80(61(6)7)103(14)90(117)126-58-65-32-34-68(35-33-65)97-85(112)70(29-23-24-38-94-89(91)116)98-86(113)78(59(2)3)99-75(107)37-42-120-44-46-122-48-50-124-52-53-125-51-49-123-47-45-121-43-39-93-76(108)56-95-74(106)36-41-104-69(57-101(12)92-11)54-67-28-21-22-30-71(67)104/h18-22,26-28,30,32-35,54,59-64,70,72-73,78-83,92,110H,17,23-25,29,31,36-53,55-58H2,1-16H3,(H,93,108)(H,95,106)(H,96,111)(H,97,112)(H,98,113)(H,99,107)(H,100,114)(H3,91,94,116)/t62-,63+,64+,70-,72-,73+,78-,79-,80-,81-,82+,83+/m0/s1. The molecule has 4 aromatic rings. The van der Waals surface area contributed by atoms with Crippen LogP contribution in [0.5, 0.6) is 0 Å². The third-order valence-corrected chi connectivity index (χ3v) is 22.4. The van der Waals surface area contributed by atoms with E-state index >= 15 is 0 Å². The Morgan fingerprint density at radius 2 is 1.20 bits per heavy atom. The van der Waals surface area contributed by atoms with Gasteiger partial charge in [-0.25, -0.2) is 14.6 Å². The first kappa shape index (κ1) is 107. The Bertz CT molecular complexity index is 3950. The van der Waals surface area contributed by atoms with Gasteiger partial charge in [0.05, 0.1) is 141 Å². The minimum atomic E-state index is -1.09. The molecule has 0 unspecified atom stereocenters. The molecule has 2 heterocycles. The van der Waals surface area contributed by atoms with Gasteiger partial charge in [0.1, 0.15) is 30.8 Å². The van der Waals surface area contributed by atoms with Gasteiger partial charge in [0.15, 0.2) is 0 Å². The summed E-state index contributed by atoms with van der Waals surface area (Å²) in [4.78, 5) is 154. The molecule has 0 saturated carbocycles. The van der Waals surface area contributed by atoms with Gasteiger partial charge in [-0.05, 0) is 111 Å². The van der Waals surface area contributed by atoms with Gasteiger partial charge >= 0.3 is 12.1 Å². The molecule has 1 fully saturated rings. The number of methoxy groups -OCH3 is 2. The Labute approximate surface area is 743 Å². The van der Waals surface area contributed by atoms with Gasteiger partial charge in [0.2, 0.25) is 53.2 Å². The highest BCUT2D eigenvalue weighted by Gasteiger charge is 2.44. The second kappa shape index (κ2) is 58.1. The van der Waals surface area contributed by atoms with Crippen molar-refractivity contribution in [3.05, 3.63) is 102 Å². The average molecular weight is 1770 g/mol. The molecule has 126 heavy (non-hydrogen) atoms. The average Bonchev–Trinajstić information content (AvgIpc) is 1.68. The van der Waals surface area contributed by atoms with Crippen LogP contribution in [-0.4, -0.2) is 297 Å². The zero-order chi connectivity index (χ0) is 92.8. The summed E-state index contributed by atoms with van der Waals surface area (Å²) in [5.41, 5.74) is 12.0. The first-order valence-corrected chi connectivity index (χ1v) is 44.1. The number of aliphatic hydroxyl groups excluding tert-OH is 1. The fourth-order valence-corrected chi connectivity index (χ4v) is 15.0. The topological polar surface area (TPSA) is 443 Å². The number of nitrogens with two attached hydrogens (primary N) is 1. The number of hydrogen-bond donors (Lipinski definition) is 11. The second-order valence-corrected chi connectivity index (χ2v) is 32.9. The number of anilines is 1. The SMILES string of the molecule is CC[C@H](C)[C@@H]([C@@H](CC(=O)N1CCC[C@H]1[C@H](OC)[C@@H](C)C(=O)N[C@H](C)[C@@H](O)c1ccccc1)OC)N(C)C(=O)[C@@H](NC(=O)[C@H](C(C)C)N(C)C(=O)OCc1ccc(NC(=O)[C@H](CCCCNC(N)=O)NC(=O)[C@@H](NC(=O)CCOCCOCCOCCOCCOCCOCCNC(=O)CNC(=O)CCn2c(CN(C)NC)cc3ccccc32)C(C)C)cc1)C(C)C. The predicted molar refractivity (Wildman–Crippen MR) is 476 cm³/mol. The highest BCUT2D eigenvalue weighted by atomic mass is 16.6. The molecule has 706 valence electrons. The number of para-hydroxylation sites is 1. The van der Waals surface area contributed by atoms with Crippen LogP contribution in [0.2, 0.25) is 0 Å². The molecule has 3 aromatic carbocycles. The molecule has 12 N–H and O–H groups in total. The van der Waals surface area contributed by atoms with Crippen LogP contribution in [0.25, 0.3) is 10.9 Å². The van der Waals surface area contributed by atoms with Crippen molar-refractivity contribution in [3.8, 4) is 0 Å². The molecule has 0 bridgehead atoms. The van der Waals surface area contributed by atoms with Gasteiger partial charge in [-0.1, -0.05) is 129 Å². The van der Waals surface area contributed by atoms with Gasteiger partial charge < -0.3 is 110 Å². The van der Waals surface area contributed by atoms with Crippen molar-refractivity contribution in [2.45, 2.75) is 207 Å². The fraction of sp³-hybridized carbons (Fsp3) is 0.656. The van der Waals surface area contributed by atoms with Crippen molar-refractivity contribution >= 4 is 81.9 Å². The molecule has 1 aromatic heterocycles. The number of fused-ring (bicyclic) bond motifs is 1. The summed E-state index contributed by atoms with van der Waals surface area (Å²) in [6, 6.07) is 19.0. The number of carbonyl (C=O) groups excluding carboxylic acids is 11. The van der Waals surface area contributed by atoms with Gasteiger partial charge in [-0.15, -0.1) is 0 Å². The number of unbranched alkanes of at least 4 members (excludes halogenated alkanes) is 1. The molecule has 0 radical (unpaired) electrons. The quantitative estimate of drug-likeness (QED) is 0.0197. The molecular weight excluding hydrogens is 1630 g/mol. The molecule has 36 nitrogen and oxygen atoms in total. The van der Waals surface area contributed by atoms with Crippen molar-refractivity contribution in [2.24, 2.45) is 35.3 Å². The maximum atomic E-state index is 14.9. The van der Waals surface area contributed by atoms with Crippen molar-refractivity contribution in [1.82, 2.24) is 66.9 Å².